The lowest BCUT2D eigenvalue weighted by atomic mass is 10.3. The highest BCUT2D eigenvalue weighted by Crippen LogP contribution is 2.19. The van der Waals surface area contributed by atoms with Gasteiger partial charge in [0.2, 0.25) is 11.7 Å². The van der Waals surface area contributed by atoms with E-state index >= 15 is 0 Å². The molecular weight excluding hydrogens is 290 g/mol. The van der Waals surface area contributed by atoms with Crippen molar-refractivity contribution in [3.05, 3.63) is 35.7 Å². The van der Waals surface area contributed by atoms with Crippen LogP contribution < -0.4 is 5.32 Å². The lowest BCUT2D eigenvalue weighted by Gasteiger charge is -2.10. The number of tetrazole rings is 1. The fraction of sp³-hybridized carbons (Fsp3) is 0.250. The van der Waals surface area contributed by atoms with Gasteiger partial charge in [-0.25, -0.2) is 4.98 Å². The number of amides is 1. The van der Waals surface area contributed by atoms with E-state index in [9.17, 15) is 4.79 Å². The van der Waals surface area contributed by atoms with E-state index < -0.39 is 0 Å². The molecule has 0 aliphatic rings. The predicted octanol–water partition coefficient (Wildman–Crippen LogP) is 1.00. The van der Waals surface area contributed by atoms with Crippen molar-refractivity contribution in [1.29, 1.82) is 0 Å². The molecule has 0 saturated heterocycles. The van der Waals surface area contributed by atoms with Crippen molar-refractivity contribution in [2.75, 3.05) is 0 Å². The Labute approximate surface area is 124 Å². The molecule has 0 fully saturated rings. The zero-order valence-corrected chi connectivity index (χ0v) is 12.0. The van der Waals surface area contributed by atoms with Gasteiger partial charge in [0, 0.05) is 12.4 Å². The molecule has 0 aliphatic carbocycles. The molecule has 3 aromatic rings. The van der Waals surface area contributed by atoms with Crippen LogP contribution in [0, 0.1) is 0 Å². The van der Waals surface area contributed by atoms with Crippen LogP contribution in [-0.4, -0.2) is 36.1 Å². The Hall–Kier alpha value is -2.55. The van der Waals surface area contributed by atoms with Crippen molar-refractivity contribution in [3.8, 4) is 10.7 Å². The zero-order chi connectivity index (χ0) is 14.7. The van der Waals surface area contributed by atoms with Crippen molar-refractivity contribution in [3.63, 3.8) is 0 Å². The number of hydrogen-bond acceptors (Lipinski definition) is 6. The minimum absolute atomic E-state index is 0.0173. The summed E-state index contributed by atoms with van der Waals surface area (Å²) in [5.74, 6) is 1.03. The molecule has 3 rings (SSSR count). The second kappa shape index (κ2) is 5.83. The van der Waals surface area contributed by atoms with Gasteiger partial charge in [-0.3, -0.25) is 4.79 Å². The number of carbonyl (C=O) groups excluding carboxylic acids is 1. The summed E-state index contributed by atoms with van der Waals surface area (Å²) >= 11 is 1.53. The van der Waals surface area contributed by atoms with Gasteiger partial charge in [0.15, 0.2) is 0 Å². The maximum atomic E-state index is 11.9. The highest BCUT2D eigenvalue weighted by Gasteiger charge is 2.14. The molecular formula is C12H13N7OS. The summed E-state index contributed by atoms with van der Waals surface area (Å²) in [7, 11) is 0. The molecule has 0 radical (unpaired) electrons. The normalized spacial score (nSPS) is 12.2. The molecule has 0 spiro atoms. The van der Waals surface area contributed by atoms with E-state index in [-0.39, 0.29) is 18.5 Å². The van der Waals surface area contributed by atoms with E-state index in [0.29, 0.717) is 11.6 Å². The van der Waals surface area contributed by atoms with Crippen LogP contribution in [0.15, 0.2) is 29.9 Å². The quantitative estimate of drug-likeness (QED) is 0.732. The van der Waals surface area contributed by atoms with Crippen LogP contribution >= 0.6 is 11.3 Å². The van der Waals surface area contributed by atoms with Crippen LogP contribution in [0.5, 0.6) is 0 Å². The first-order chi connectivity index (χ1) is 10.2. The predicted molar refractivity (Wildman–Crippen MR) is 76.3 cm³/mol. The number of H-pyrrole nitrogens is 1. The van der Waals surface area contributed by atoms with Gasteiger partial charge >= 0.3 is 0 Å². The SMILES string of the molecule is CC(NC(=O)Cn1nnc(-c2cccs2)n1)c1ncc[nH]1. The third kappa shape index (κ3) is 3.14. The van der Waals surface area contributed by atoms with Crippen LogP contribution in [-0.2, 0) is 11.3 Å². The van der Waals surface area contributed by atoms with Gasteiger partial charge in [-0.2, -0.15) is 4.80 Å². The Morgan fingerprint density at radius 3 is 3.19 bits per heavy atom. The summed E-state index contributed by atoms with van der Waals surface area (Å²) in [6.07, 6.45) is 3.36. The molecule has 1 amide bonds. The second-order valence-electron chi connectivity index (χ2n) is 4.38. The van der Waals surface area contributed by atoms with E-state index in [1.807, 2.05) is 24.4 Å². The number of hydrogen-bond donors (Lipinski definition) is 2. The van der Waals surface area contributed by atoms with Crippen molar-refractivity contribution < 1.29 is 4.79 Å². The third-order valence-electron chi connectivity index (χ3n) is 2.79. The third-order valence-corrected chi connectivity index (χ3v) is 3.65. The zero-order valence-electron chi connectivity index (χ0n) is 11.2. The highest BCUT2D eigenvalue weighted by molar-refractivity contribution is 7.13. The van der Waals surface area contributed by atoms with E-state index in [4.69, 9.17) is 0 Å². The molecule has 3 heterocycles. The van der Waals surface area contributed by atoms with E-state index in [0.717, 1.165) is 4.88 Å². The molecule has 9 heteroatoms. The molecule has 1 atom stereocenters. The van der Waals surface area contributed by atoms with Gasteiger partial charge in [0.25, 0.3) is 0 Å². The van der Waals surface area contributed by atoms with Gasteiger partial charge < -0.3 is 10.3 Å². The molecule has 1 unspecified atom stereocenters. The van der Waals surface area contributed by atoms with Crippen molar-refractivity contribution in [2.45, 2.75) is 19.5 Å². The summed E-state index contributed by atoms with van der Waals surface area (Å²) in [5.41, 5.74) is 0. The molecule has 8 nitrogen and oxygen atoms in total. The number of thiophene rings is 1. The molecule has 108 valence electrons. The standard InChI is InChI=1S/C12H13N7OS/c1-8(11-13-4-5-14-11)15-10(20)7-19-17-12(16-18-19)9-3-2-6-21-9/h2-6,8H,7H2,1H3,(H,13,14)(H,15,20). The van der Waals surface area contributed by atoms with Crippen LogP contribution in [0.4, 0.5) is 0 Å². The average molecular weight is 303 g/mol. The highest BCUT2D eigenvalue weighted by atomic mass is 32.1. The van der Waals surface area contributed by atoms with Crippen LogP contribution in [0.25, 0.3) is 10.7 Å². The van der Waals surface area contributed by atoms with Crippen LogP contribution in [0.2, 0.25) is 0 Å². The molecule has 3 aromatic heterocycles. The molecule has 0 aromatic carbocycles. The Morgan fingerprint density at radius 2 is 2.48 bits per heavy atom. The molecule has 0 aliphatic heterocycles. The lowest BCUT2D eigenvalue weighted by molar-refractivity contribution is -0.122. The summed E-state index contributed by atoms with van der Waals surface area (Å²) in [4.78, 5) is 21.2. The van der Waals surface area contributed by atoms with Gasteiger partial charge in [-0.1, -0.05) is 6.07 Å². The van der Waals surface area contributed by atoms with Crippen molar-refractivity contribution >= 4 is 17.2 Å². The topological polar surface area (TPSA) is 101 Å². The smallest absolute Gasteiger partial charge is 0.244 e. The Bertz CT molecular complexity index is 704. The number of nitrogens with one attached hydrogen (secondary N) is 2. The number of nitrogens with zero attached hydrogens (tertiary/aromatic N) is 5. The van der Waals surface area contributed by atoms with Gasteiger partial charge in [0.1, 0.15) is 12.4 Å². The number of carbonyl (C=O) groups is 1. The van der Waals surface area contributed by atoms with Gasteiger partial charge in [0.05, 0.1) is 10.9 Å². The molecule has 21 heavy (non-hydrogen) atoms. The summed E-state index contributed by atoms with van der Waals surface area (Å²) in [6, 6.07) is 3.62. The van der Waals surface area contributed by atoms with E-state index in [1.165, 1.54) is 16.1 Å². The first kappa shape index (κ1) is 13.4. The minimum Gasteiger partial charge on any atom is -0.347 e. The van der Waals surface area contributed by atoms with Crippen LogP contribution in [0.1, 0.15) is 18.8 Å². The van der Waals surface area contributed by atoms with Crippen molar-refractivity contribution in [1.82, 2.24) is 35.5 Å². The maximum Gasteiger partial charge on any atom is 0.244 e. The van der Waals surface area contributed by atoms with Gasteiger partial charge in [-0.05, 0) is 23.6 Å². The summed E-state index contributed by atoms with van der Waals surface area (Å²) in [6.45, 7) is 1.87. The molecule has 2 N–H and O–H groups in total. The lowest BCUT2D eigenvalue weighted by Crippen LogP contribution is -2.31. The second-order valence-corrected chi connectivity index (χ2v) is 5.33. The number of imidazole rings is 1. The fourth-order valence-corrected chi connectivity index (χ4v) is 2.46. The monoisotopic (exact) mass is 303 g/mol. The van der Waals surface area contributed by atoms with E-state index in [1.54, 1.807) is 12.4 Å². The minimum atomic E-state index is -0.201. The molecule has 0 saturated carbocycles. The largest absolute Gasteiger partial charge is 0.347 e. The first-order valence-corrected chi connectivity index (χ1v) is 7.20. The van der Waals surface area contributed by atoms with E-state index in [2.05, 4.69) is 30.7 Å². The maximum absolute atomic E-state index is 11.9. The Morgan fingerprint density at radius 1 is 1.57 bits per heavy atom. The fourth-order valence-electron chi connectivity index (χ4n) is 1.81. The molecule has 0 bridgehead atoms. The summed E-state index contributed by atoms with van der Waals surface area (Å²) in [5, 5.41) is 16.8. The van der Waals surface area contributed by atoms with Crippen molar-refractivity contribution in [2.24, 2.45) is 0 Å². The van der Waals surface area contributed by atoms with Crippen LogP contribution in [0.3, 0.4) is 0 Å². The Balaban J connectivity index is 1.60. The number of aromatic nitrogens is 6. The first-order valence-electron chi connectivity index (χ1n) is 6.32. The summed E-state index contributed by atoms with van der Waals surface area (Å²) < 4.78 is 0. The Kier molecular flexibility index (Phi) is 3.73. The average Bonchev–Trinajstić information content (AvgIpc) is 3.21. The number of aromatic amines is 1. The van der Waals surface area contributed by atoms with Gasteiger partial charge in [-0.15, -0.1) is 21.5 Å². The number of rotatable bonds is 5.